The first-order chi connectivity index (χ1) is 3.63. The highest BCUT2D eigenvalue weighted by molar-refractivity contribution is 6.47. The van der Waals surface area contributed by atoms with Crippen LogP contribution in [0.3, 0.4) is 0 Å². The summed E-state index contributed by atoms with van der Waals surface area (Å²) in [7, 11) is 1.88. The molecule has 0 bridgehead atoms. The van der Waals surface area contributed by atoms with Crippen LogP contribution in [0.5, 0.6) is 0 Å². The highest BCUT2D eigenvalue weighted by Crippen LogP contribution is 2.23. The minimum atomic E-state index is -0.819. The standard InChI is InChI=1S/C4H8Cl2N2/c1-8-3-2-7-4(8,5)6/h7H,2-3H2,1H3. The molecule has 0 radical (unpaired) electrons. The second-order valence-electron chi connectivity index (χ2n) is 1.89. The van der Waals surface area contributed by atoms with Crippen LogP contribution >= 0.6 is 23.2 Å². The molecule has 0 amide bonds. The smallest absolute Gasteiger partial charge is 0.226 e. The van der Waals surface area contributed by atoms with Crippen LogP contribution in [0.25, 0.3) is 0 Å². The lowest BCUT2D eigenvalue weighted by molar-refractivity contribution is 0.338. The van der Waals surface area contributed by atoms with Gasteiger partial charge < -0.3 is 0 Å². The summed E-state index contributed by atoms with van der Waals surface area (Å²) < 4.78 is -0.819. The molecule has 1 fully saturated rings. The van der Waals surface area contributed by atoms with E-state index in [1.165, 1.54) is 0 Å². The molecule has 8 heavy (non-hydrogen) atoms. The van der Waals surface area contributed by atoms with Crippen molar-refractivity contribution in [2.45, 2.75) is 4.58 Å². The molecule has 1 aliphatic rings. The third kappa shape index (κ3) is 1.08. The molecular formula is C4H8Cl2N2. The Morgan fingerprint density at radius 2 is 2.25 bits per heavy atom. The van der Waals surface area contributed by atoms with Gasteiger partial charge in [-0.05, 0) is 7.05 Å². The number of likely N-dealkylation sites (N-methyl/N-ethyl adjacent to an activating group) is 1. The van der Waals surface area contributed by atoms with Gasteiger partial charge in [0.15, 0.2) is 0 Å². The number of nitrogens with one attached hydrogen (secondary N) is 1. The number of alkyl halides is 2. The average Bonchev–Trinajstić information content (AvgIpc) is 1.86. The lowest BCUT2D eigenvalue weighted by Crippen LogP contribution is -2.38. The quantitative estimate of drug-likeness (QED) is 0.407. The Kier molecular flexibility index (Phi) is 1.68. The molecule has 0 aromatic carbocycles. The molecule has 0 unspecified atom stereocenters. The van der Waals surface area contributed by atoms with E-state index in [9.17, 15) is 0 Å². The third-order valence-corrected chi connectivity index (χ3v) is 2.11. The molecule has 4 heteroatoms. The van der Waals surface area contributed by atoms with Crippen molar-refractivity contribution in [1.82, 2.24) is 10.2 Å². The average molecular weight is 155 g/mol. The topological polar surface area (TPSA) is 15.3 Å². The Balaban J connectivity index is 2.54. The summed E-state index contributed by atoms with van der Waals surface area (Å²) >= 11 is 11.4. The second kappa shape index (κ2) is 2.03. The molecule has 1 heterocycles. The summed E-state index contributed by atoms with van der Waals surface area (Å²) in [6.07, 6.45) is 0. The minimum Gasteiger partial charge on any atom is -0.272 e. The highest BCUT2D eigenvalue weighted by atomic mass is 35.5. The van der Waals surface area contributed by atoms with E-state index in [-0.39, 0.29) is 0 Å². The summed E-state index contributed by atoms with van der Waals surface area (Å²) in [5.74, 6) is 0. The van der Waals surface area contributed by atoms with Gasteiger partial charge in [0.2, 0.25) is 4.58 Å². The first-order valence-corrected chi connectivity index (χ1v) is 3.22. The SMILES string of the molecule is CN1CCNC1(Cl)Cl. The number of halogens is 2. The monoisotopic (exact) mass is 154 g/mol. The van der Waals surface area contributed by atoms with Crippen LogP contribution in [0.15, 0.2) is 0 Å². The maximum Gasteiger partial charge on any atom is 0.226 e. The summed E-state index contributed by atoms with van der Waals surface area (Å²) in [6.45, 7) is 1.77. The van der Waals surface area contributed by atoms with E-state index < -0.39 is 4.58 Å². The molecule has 0 aliphatic carbocycles. The molecule has 0 saturated carbocycles. The molecule has 1 rings (SSSR count). The Morgan fingerprint density at radius 1 is 1.62 bits per heavy atom. The Hall–Kier alpha value is 0.500. The molecule has 1 N–H and O–H groups in total. The fraction of sp³-hybridized carbons (Fsp3) is 1.00. The van der Waals surface area contributed by atoms with Gasteiger partial charge in [-0.3, -0.25) is 10.2 Å². The van der Waals surface area contributed by atoms with Gasteiger partial charge in [-0.15, -0.1) is 0 Å². The zero-order valence-corrected chi connectivity index (χ0v) is 6.13. The predicted molar refractivity (Wildman–Crippen MR) is 35.1 cm³/mol. The number of hydrogen-bond acceptors (Lipinski definition) is 2. The normalized spacial score (nSPS) is 28.9. The maximum atomic E-state index is 5.70. The van der Waals surface area contributed by atoms with Crippen molar-refractivity contribution in [3.63, 3.8) is 0 Å². The second-order valence-corrected chi connectivity index (χ2v) is 3.18. The van der Waals surface area contributed by atoms with Gasteiger partial charge in [0.1, 0.15) is 0 Å². The van der Waals surface area contributed by atoms with Gasteiger partial charge in [-0.1, -0.05) is 23.2 Å². The van der Waals surface area contributed by atoms with Gasteiger partial charge in [0.25, 0.3) is 0 Å². The van der Waals surface area contributed by atoms with Crippen LogP contribution in [-0.2, 0) is 0 Å². The van der Waals surface area contributed by atoms with E-state index in [1.807, 2.05) is 11.9 Å². The van der Waals surface area contributed by atoms with Crippen LogP contribution in [-0.4, -0.2) is 29.6 Å². The Morgan fingerprint density at radius 3 is 2.38 bits per heavy atom. The molecular weight excluding hydrogens is 147 g/mol. The van der Waals surface area contributed by atoms with Crippen molar-refractivity contribution >= 4 is 23.2 Å². The number of hydrogen-bond donors (Lipinski definition) is 1. The van der Waals surface area contributed by atoms with Crippen molar-refractivity contribution in [3.05, 3.63) is 0 Å². The van der Waals surface area contributed by atoms with Gasteiger partial charge >= 0.3 is 0 Å². The fourth-order valence-corrected chi connectivity index (χ4v) is 1.01. The summed E-state index contributed by atoms with van der Waals surface area (Å²) in [5, 5.41) is 2.90. The van der Waals surface area contributed by atoms with Crippen LogP contribution < -0.4 is 5.32 Å². The zero-order valence-electron chi connectivity index (χ0n) is 4.62. The van der Waals surface area contributed by atoms with Crippen LogP contribution in [0, 0.1) is 0 Å². The summed E-state index contributed by atoms with van der Waals surface area (Å²) in [5.41, 5.74) is 0. The Bertz CT molecular complexity index is 94.0. The van der Waals surface area contributed by atoms with E-state index in [4.69, 9.17) is 23.2 Å². The Labute approximate surface area is 58.7 Å². The molecule has 1 aliphatic heterocycles. The third-order valence-electron chi connectivity index (χ3n) is 1.26. The van der Waals surface area contributed by atoms with Gasteiger partial charge in [0, 0.05) is 13.1 Å². The molecule has 0 aromatic rings. The molecule has 0 spiro atoms. The van der Waals surface area contributed by atoms with Gasteiger partial charge in [0.05, 0.1) is 0 Å². The zero-order chi connectivity index (χ0) is 6.20. The van der Waals surface area contributed by atoms with E-state index >= 15 is 0 Å². The largest absolute Gasteiger partial charge is 0.272 e. The van der Waals surface area contributed by atoms with Crippen molar-refractivity contribution in [1.29, 1.82) is 0 Å². The summed E-state index contributed by atoms with van der Waals surface area (Å²) in [6, 6.07) is 0. The van der Waals surface area contributed by atoms with E-state index in [2.05, 4.69) is 5.32 Å². The lowest BCUT2D eigenvalue weighted by Gasteiger charge is -2.20. The number of rotatable bonds is 0. The fourth-order valence-electron chi connectivity index (χ4n) is 0.649. The van der Waals surface area contributed by atoms with Crippen molar-refractivity contribution in [2.75, 3.05) is 20.1 Å². The molecule has 48 valence electrons. The molecule has 2 nitrogen and oxygen atoms in total. The van der Waals surface area contributed by atoms with Gasteiger partial charge in [-0.2, -0.15) is 0 Å². The molecule has 0 atom stereocenters. The van der Waals surface area contributed by atoms with Crippen LogP contribution in [0.1, 0.15) is 0 Å². The first kappa shape index (κ1) is 6.62. The van der Waals surface area contributed by atoms with E-state index in [1.54, 1.807) is 0 Å². The van der Waals surface area contributed by atoms with E-state index in [0.29, 0.717) is 0 Å². The van der Waals surface area contributed by atoms with Crippen molar-refractivity contribution in [3.8, 4) is 0 Å². The molecule has 1 saturated heterocycles. The minimum absolute atomic E-state index is 0.819. The first-order valence-electron chi connectivity index (χ1n) is 2.47. The van der Waals surface area contributed by atoms with Crippen molar-refractivity contribution < 1.29 is 0 Å². The predicted octanol–water partition coefficient (Wildman–Crippen LogP) is 0.610. The van der Waals surface area contributed by atoms with Crippen LogP contribution in [0.2, 0.25) is 0 Å². The lowest BCUT2D eigenvalue weighted by atomic mass is 10.7. The number of nitrogens with zero attached hydrogens (tertiary/aromatic N) is 1. The molecule has 0 aromatic heterocycles. The highest BCUT2D eigenvalue weighted by Gasteiger charge is 2.33. The summed E-state index contributed by atoms with van der Waals surface area (Å²) in [4.78, 5) is 1.84. The van der Waals surface area contributed by atoms with Crippen LogP contribution in [0.4, 0.5) is 0 Å². The van der Waals surface area contributed by atoms with Gasteiger partial charge in [-0.25, -0.2) is 0 Å². The maximum absolute atomic E-state index is 5.70. The van der Waals surface area contributed by atoms with E-state index in [0.717, 1.165) is 13.1 Å². The van der Waals surface area contributed by atoms with Crippen molar-refractivity contribution in [2.24, 2.45) is 0 Å².